The first-order valence-electron chi connectivity index (χ1n) is 17.7. The number of carbonyl (C=O) groups is 1. The van der Waals surface area contributed by atoms with Gasteiger partial charge in [-0.2, -0.15) is 0 Å². The molecule has 0 bridgehead atoms. The number of allylic oxidation sites excluding steroid dienone is 4. The van der Waals surface area contributed by atoms with Crippen molar-refractivity contribution in [2.45, 2.75) is 91.0 Å². The van der Waals surface area contributed by atoms with Crippen LogP contribution in [0.15, 0.2) is 79.1 Å². The van der Waals surface area contributed by atoms with Crippen LogP contribution in [0.4, 0.5) is 5.69 Å². The Kier molecular flexibility index (Phi) is 12.7. The summed E-state index contributed by atoms with van der Waals surface area (Å²) in [5.74, 6) is 0.361. The van der Waals surface area contributed by atoms with Crippen molar-refractivity contribution in [1.29, 1.82) is 0 Å². The van der Waals surface area contributed by atoms with Crippen LogP contribution in [0.2, 0.25) is 0 Å². The number of fused-ring (bicyclic) bond motifs is 1. The molecule has 3 aromatic rings. The van der Waals surface area contributed by atoms with Crippen molar-refractivity contribution in [1.82, 2.24) is 10.2 Å². The van der Waals surface area contributed by atoms with Crippen molar-refractivity contribution in [3.05, 3.63) is 122 Å². The van der Waals surface area contributed by atoms with Gasteiger partial charge in [0.1, 0.15) is 6.29 Å². The molecule has 2 aromatic carbocycles. The van der Waals surface area contributed by atoms with Gasteiger partial charge in [-0.25, -0.2) is 0 Å². The second-order valence-corrected chi connectivity index (χ2v) is 15.5. The first-order chi connectivity index (χ1) is 23.2. The summed E-state index contributed by atoms with van der Waals surface area (Å²) in [7, 11) is 2.96. The number of aryl methyl sites for hydroxylation is 3. The molecule has 48 heavy (non-hydrogen) atoms. The molecular weight excluding hydrogens is 626 g/mol. The molecule has 4 nitrogen and oxygen atoms in total. The Morgan fingerprint density at radius 1 is 1.15 bits per heavy atom. The van der Waals surface area contributed by atoms with E-state index in [1.54, 1.807) is 4.88 Å². The summed E-state index contributed by atoms with van der Waals surface area (Å²) in [4.78, 5) is 16.4. The topological polar surface area (TPSA) is 44.4 Å². The molecule has 0 radical (unpaired) electrons. The molecule has 3 unspecified atom stereocenters. The summed E-state index contributed by atoms with van der Waals surface area (Å²) in [6.45, 7) is 20.6. The third-order valence-corrected chi connectivity index (χ3v) is 11.7. The lowest BCUT2D eigenvalue weighted by atomic mass is 9.87. The zero-order chi connectivity index (χ0) is 34.2. The van der Waals surface area contributed by atoms with E-state index >= 15 is 0 Å². The average molecular weight is 680 g/mol. The Labute approximate surface area is 295 Å². The summed E-state index contributed by atoms with van der Waals surface area (Å²) in [6, 6.07) is 12.8. The largest absolute Gasteiger partial charge is 0.374 e. The van der Waals surface area contributed by atoms with Gasteiger partial charge in [-0.15, -0.1) is 20.6 Å². The van der Waals surface area contributed by atoms with Crippen LogP contribution >= 0.6 is 20.6 Å². The second-order valence-electron chi connectivity index (χ2n) is 13.8. The number of thiophene rings is 1. The Morgan fingerprint density at radius 2 is 1.92 bits per heavy atom. The lowest BCUT2D eigenvalue weighted by Crippen LogP contribution is -2.39. The van der Waals surface area contributed by atoms with E-state index in [0.717, 1.165) is 80.7 Å². The SMILES string of the molecule is C=C(Nc1cc(C)c(CCc2ccc(C=O)cc2)c(P)c1)c1c(C2C=CC=C(CNC(C)CN(CCC)C(=C)C)C2)sc2c1CCCC2. The summed E-state index contributed by atoms with van der Waals surface area (Å²) in [5.41, 5.74) is 12.2. The molecule has 0 saturated heterocycles. The van der Waals surface area contributed by atoms with Gasteiger partial charge in [0.05, 0.1) is 0 Å². The molecule has 0 amide bonds. The number of hydrogen-bond acceptors (Lipinski definition) is 5. The van der Waals surface area contributed by atoms with Gasteiger partial charge < -0.3 is 15.5 Å². The number of carbonyl (C=O) groups excluding carboxylic acids is 1. The fourth-order valence-electron chi connectivity index (χ4n) is 7.17. The van der Waals surface area contributed by atoms with E-state index in [9.17, 15) is 4.79 Å². The van der Waals surface area contributed by atoms with Crippen LogP contribution < -0.4 is 15.9 Å². The molecule has 2 aliphatic rings. The Morgan fingerprint density at radius 3 is 2.62 bits per heavy atom. The first kappa shape index (κ1) is 36.1. The highest BCUT2D eigenvalue weighted by molar-refractivity contribution is 7.27. The smallest absolute Gasteiger partial charge is 0.150 e. The van der Waals surface area contributed by atoms with Crippen LogP contribution in [0.25, 0.3) is 5.70 Å². The lowest BCUT2D eigenvalue weighted by Gasteiger charge is -2.29. The van der Waals surface area contributed by atoms with Crippen molar-refractivity contribution < 1.29 is 4.79 Å². The number of anilines is 1. The van der Waals surface area contributed by atoms with Crippen molar-refractivity contribution in [2.75, 3.05) is 25.0 Å². The van der Waals surface area contributed by atoms with Crippen LogP contribution in [-0.4, -0.2) is 36.9 Å². The molecular formula is C42H54N3OPS. The minimum absolute atomic E-state index is 0.361. The molecule has 254 valence electrons. The number of nitrogens with zero attached hydrogens (tertiary/aromatic N) is 1. The summed E-state index contributed by atoms with van der Waals surface area (Å²) < 4.78 is 0. The number of benzene rings is 2. The van der Waals surface area contributed by atoms with Gasteiger partial charge in [0.25, 0.3) is 0 Å². The van der Waals surface area contributed by atoms with Crippen molar-refractivity contribution in [2.24, 2.45) is 0 Å². The van der Waals surface area contributed by atoms with Crippen LogP contribution in [0, 0.1) is 6.92 Å². The van der Waals surface area contributed by atoms with Gasteiger partial charge in [-0.1, -0.05) is 68.1 Å². The highest BCUT2D eigenvalue weighted by Gasteiger charge is 2.27. The molecule has 0 fully saturated rings. The van der Waals surface area contributed by atoms with Gasteiger partial charge in [-0.3, -0.25) is 4.79 Å². The Bertz CT molecular complexity index is 1660. The number of nitrogens with one attached hydrogen (secondary N) is 2. The summed E-state index contributed by atoms with van der Waals surface area (Å²) in [5, 5.41) is 8.78. The zero-order valence-electron chi connectivity index (χ0n) is 29.5. The van der Waals surface area contributed by atoms with Crippen LogP contribution in [0.1, 0.15) is 100 Å². The molecule has 2 aliphatic carbocycles. The standard InChI is InChI=1S/C42H54N3OPS/c1-7-21-45(28(2)3)26-30(5)43-25-34-11-10-12-35(23-34)42-41(38-13-8-9-14-40(38)48-42)31(6)44-36-22-29(4)37(39(47)24-36)20-19-32-15-17-33(27-46)18-16-32/h10-12,15-18,22,24,27,30,35,43-44H,2,6-9,13-14,19-21,23,25-26,47H2,1,3-5H3. The maximum absolute atomic E-state index is 11.0. The average Bonchev–Trinajstić information content (AvgIpc) is 3.47. The van der Waals surface area contributed by atoms with E-state index < -0.39 is 0 Å². The van der Waals surface area contributed by atoms with Gasteiger partial charge in [0.2, 0.25) is 0 Å². The molecule has 1 heterocycles. The molecule has 0 saturated carbocycles. The summed E-state index contributed by atoms with van der Waals surface area (Å²) >= 11 is 2.03. The van der Waals surface area contributed by atoms with E-state index in [0.29, 0.717) is 12.0 Å². The van der Waals surface area contributed by atoms with E-state index in [2.05, 4.69) is 108 Å². The van der Waals surface area contributed by atoms with Crippen molar-refractivity contribution in [3.8, 4) is 0 Å². The molecule has 1 aromatic heterocycles. The van der Waals surface area contributed by atoms with Crippen LogP contribution in [0.3, 0.4) is 0 Å². The van der Waals surface area contributed by atoms with E-state index in [1.165, 1.54) is 62.8 Å². The van der Waals surface area contributed by atoms with E-state index in [1.807, 2.05) is 23.5 Å². The highest BCUT2D eigenvalue weighted by atomic mass is 32.1. The van der Waals surface area contributed by atoms with Crippen LogP contribution in [0.5, 0.6) is 0 Å². The predicted octanol–water partition coefficient (Wildman–Crippen LogP) is 9.31. The Balaban J connectivity index is 1.28. The fraction of sp³-hybridized carbons (Fsp3) is 0.405. The summed E-state index contributed by atoms with van der Waals surface area (Å²) in [6.07, 6.45) is 16.8. The van der Waals surface area contributed by atoms with Gasteiger partial charge in [0.15, 0.2) is 0 Å². The van der Waals surface area contributed by atoms with Gasteiger partial charge >= 0.3 is 0 Å². The number of aldehydes is 1. The number of rotatable bonds is 16. The predicted molar refractivity (Wildman–Crippen MR) is 212 cm³/mol. The zero-order valence-corrected chi connectivity index (χ0v) is 31.4. The molecule has 0 spiro atoms. The second kappa shape index (κ2) is 16.9. The van der Waals surface area contributed by atoms with Crippen LogP contribution in [-0.2, 0) is 25.7 Å². The molecule has 3 atom stereocenters. The molecule has 0 aliphatic heterocycles. The van der Waals surface area contributed by atoms with Gasteiger partial charge in [0, 0.05) is 69.6 Å². The molecule has 6 heteroatoms. The third-order valence-electron chi connectivity index (χ3n) is 9.78. The highest BCUT2D eigenvalue weighted by Crippen LogP contribution is 2.44. The van der Waals surface area contributed by atoms with E-state index in [-0.39, 0.29) is 0 Å². The maximum Gasteiger partial charge on any atom is 0.150 e. The minimum atomic E-state index is 0.361. The third kappa shape index (κ3) is 9.05. The first-order valence-corrected chi connectivity index (χ1v) is 19.1. The normalized spacial score (nSPS) is 16.2. The van der Waals surface area contributed by atoms with Gasteiger partial charge in [-0.05, 0) is 112 Å². The molecule has 5 rings (SSSR count). The fourth-order valence-corrected chi connectivity index (χ4v) is 9.22. The van der Waals surface area contributed by atoms with E-state index in [4.69, 9.17) is 0 Å². The lowest BCUT2D eigenvalue weighted by molar-refractivity contribution is 0.112. The molecule has 2 N–H and O–H groups in total. The Hall–Kier alpha value is -3.24. The van der Waals surface area contributed by atoms with Crippen molar-refractivity contribution >= 4 is 43.6 Å². The minimum Gasteiger partial charge on any atom is -0.374 e. The maximum atomic E-state index is 11.0. The number of hydrogen-bond donors (Lipinski definition) is 2. The monoisotopic (exact) mass is 679 g/mol. The quantitative estimate of drug-likeness (QED) is 0.117. The van der Waals surface area contributed by atoms with Crippen molar-refractivity contribution in [3.63, 3.8) is 0 Å².